The van der Waals surface area contributed by atoms with Crippen molar-refractivity contribution >= 4 is 0 Å². The summed E-state index contributed by atoms with van der Waals surface area (Å²) in [6.45, 7) is 2.86. The second-order valence-electron chi connectivity index (χ2n) is 5.09. The minimum atomic E-state index is -0.0838. The fourth-order valence-electron chi connectivity index (χ4n) is 2.46. The van der Waals surface area contributed by atoms with Gasteiger partial charge in [-0.05, 0) is 39.5 Å². The molecule has 0 N–H and O–H groups in total. The SMILES string of the molecule is CN(C)[C@@H]1CCCN(Cc2ccccc2F)C1. The number of piperidine rings is 1. The quantitative estimate of drug-likeness (QED) is 0.795. The first-order chi connectivity index (χ1) is 8.16. The van der Waals surface area contributed by atoms with Gasteiger partial charge in [0.2, 0.25) is 0 Å². The molecule has 94 valence electrons. The largest absolute Gasteiger partial charge is 0.305 e. The van der Waals surface area contributed by atoms with Gasteiger partial charge in [-0.1, -0.05) is 18.2 Å². The van der Waals surface area contributed by atoms with Crippen molar-refractivity contribution in [3.63, 3.8) is 0 Å². The van der Waals surface area contributed by atoms with Crippen molar-refractivity contribution in [3.05, 3.63) is 35.6 Å². The Morgan fingerprint density at radius 2 is 2.12 bits per heavy atom. The van der Waals surface area contributed by atoms with Gasteiger partial charge < -0.3 is 4.90 Å². The molecule has 0 saturated carbocycles. The van der Waals surface area contributed by atoms with Gasteiger partial charge in [0.05, 0.1) is 0 Å². The predicted octanol–water partition coefficient (Wildman–Crippen LogP) is 2.35. The summed E-state index contributed by atoms with van der Waals surface area (Å²) in [5.74, 6) is -0.0838. The van der Waals surface area contributed by atoms with Crippen LogP contribution in [0.3, 0.4) is 0 Å². The van der Waals surface area contributed by atoms with Crippen LogP contribution in [0, 0.1) is 5.82 Å². The smallest absolute Gasteiger partial charge is 0.127 e. The Hall–Kier alpha value is -0.930. The molecule has 2 rings (SSSR count). The number of halogens is 1. The normalized spacial score (nSPS) is 22.0. The third kappa shape index (κ3) is 3.27. The number of likely N-dealkylation sites (tertiary alicyclic amines) is 1. The first kappa shape index (κ1) is 12.5. The number of rotatable bonds is 3. The van der Waals surface area contributed by atoms with Gasteiger partial charge in [-0.25, -0.2) is 4.39 Å². The molecule has 1 aliphatic rings. The zero-order chi connectivity index (χ0) is 12.3. The Morgan fingerprint density at radius 1 is 1.35 bits per heavy atom. The number of likely N-dealkylation sites (N-methyl/N-ethyl adjacent to an activating group) is 1. The standard InChI is InChI=1S/C14H21FN2/c1-16(2)13-7-5-9-17(11-13)10-12-6-3-4-8-14(12)15/h3-4,6,8,13H,5,7,9-11H2,1-2H3/t13-/m1/s1. The third-order valence-corrected chi connectivity index (χ3v) is 3.56. The minimum absolute atomic E-state index is 0.0838. The van der Waals surface area contributed by atoms with Gasteiger partial charge in [0, 0.05) is 24.7 Å². The highest BCUT2D eigenvalue weighted by atomic mass is 19.1. The van der Waals surface area contributed by atoms with Crippen molar-refractivity contribution in [1.82, 2.24) is 9.80 Å². The van der Waals surface area contributed by atoms with Gasteiger partial charge in [-0.2, -0.15) is 0 Å². The molecular weight excluding hydrogens is 215 g/mol. The lowest BCUT2D eigenvalue weighted by Gasteiger charge is -2.36. The van der Waals surface area contributed by atoms with Crippen LogP contribution in [0.25, 0.3) is 0 Å². The monoisotopic (exact) mass is 236 g/mol. The molecule has 0 unspecified atom stereocenters. The van der Waals surface area contributed by atoms with E-state index < -0.39 is 0 Å². The zero-order valence-electron chi connectivity index (χ0n) is 10.7. The van der Waals surface area contributed by atoms with Crippen LogP contribution in [0.2, 0.25) is 0 Å². The van der Waals surface area contributed by atoms with Crippen LogP contribution >= 0.6 is 0 Å². The molecule has 1 heterocycles. The third-order valence-electron chi connectivity index (χ3n) is 3.56. The van der Waals surface area contributed by atoms with Crippen LogP contribution in [-0.4, -0.2) is 43.0 Å². The van der Waals surface area contributed by atoms with E-state index in [1.54, 1.807) is 12.1 Å². The average Bonchev–Trinajstić information content (AvgIpc) is 2.32. The molecule has 1 atom stereocenters. The Bertz CT molecular complexity index is 365. The van der Waals surface area contributed by atoms with E-state index in [0.29, 0.717) is 6.04 Å². The molecule has 0 bridgehead atoms. The Balaban J connectivity index is 1.97. The minimum Gasteiger partial charge on any atom is -0.305 e. The number of hydrogen-bond donors (Lipinski definition) is 0. The van der Waals surface area contributed by atoms with Crippen molar-refractivity contribution in [2.75, 3.05) is 27.2 Å². The molecule has 1 aromatic rings. The van der Waals surface area contributed by atoms with Gasteiger partial charge in [0.15, 0.2) is 0 Å². The first-order valence-electron chi connectivity index (χ1n) is 6.29. The van der Waals surface area contributed by atoms with Gasteiger partial charge >= 0.3 is 0 Å². The summed E-state index contributed by atoms with van der Waals surface area (Å²) >= 11 is 0. The van der Waals surface area contributed by atoms with Crippen LogP contribution in [0.1, 0.15) is 18.4 Å². The maximum Gasteiger partial charge on any atom is 0.127 e. The maximum absolute atomic E-state index is 13.6. The van der Waals surface area contributed by atoms with Crippen LogP contribution in [0.15, 0.2) is 24.3 Å². The van der Waals surface area contributed by atoms with Crippen molar-refractivity contribution < 1.29 is 4.39 Å². The lowest BCUT2D eigenvalue weighted by Crippen LogP contribution is -2.44. The predicted molar refractivity (Wildman–Crippen MR) is 68.4 cm³/mol. The molecule has 2 nitrogen and oxygen atoms in total. The summed E-state index contributed by atoms with van der Waals surface area (Å²) in [6, 6.07) is 7.69. The van der Waals surface area contributed by atoms with Crippen LogP contribution in [0.4, 0.5) is 4.39 Å². The second kappa shape index (κ2) is 5.61. The van der Waals surface area contributed by atoms with Crippen molar-refractivity contribution in [1.29, 1.82) is 0 Å². The molecule has 17 heavy (non-hydrogen) atoms. The summed E-state index contributed by atoms with van der Waals surface area (Å²) in [5.41, 5.74) is 0.812. The molecule has 1 saturated heterocycles. The molecule has 0 aliphatic carbocycles. The lowest BCUT2D eigenvalue weighted by molar-refractivity contribution is 0.127. The van der Waals surface area contributed by atoms with E-state index in [-0.39, 0.29) is 5.82 Å². The molecule has 1 aromatic carbocycles. The van der Waals surface area contributed by atoms with E-state index in [0.717, 1.165) is 25.2 Å². The number of benzene rings is 1. The highest BCUT2D eigenvalue weighted by Crippen LogP contribution is 2.17. The molecule has 1 fully saturated rings. The molecule has 0 amide bonds. The lowest BCUT2D eigenvalue weighted by atomic mass is 10.0. The molecule has 3 heteroatoms. The van der Waals surface area contributed by atoms with E-state index in [4.69, 9.17) is 0 Å². The van der Waals surface area contributed by atoms with Gasteiger partial charge in [0.25, 0.3) is 0 Å². The summed E-state index contributed by atoms with van der Waals surface area (Å²) in [4.78, 5) is 4.63. The average molecular weight is 236 g/mol. The van der Waals surface area contributed by atoms with E-state index in [9.17, 15) is 4.39 Å². The van der Waals surface area contributed by atoms with Gasteiger partial charge in [-0.15, -0.1) is 0 Å². The molecule has 0 aromatic heterocycles. The summed E-state index contributed by atoms with van der Waals surface area (Å²) < 4.78 is 13.6. The molecular formula is C14H21FN2. The Kier molecular flexibility index (Phi) is 4.13. The van der Waals surface area contributed by atoms with Crippen LogP contribution in [-0.2, 0) is 6.54 Å². The first-order valence-corrected chi connectivity index (χ1v) is 6.29. The fourth-order valence-corrected chi connectivity index (χ4v) is 2.46. The fraction of sp³-hybridized carbons (Fsp3) is 0.571. The van der Waals surface area contributed by atoms with E-state index in [1.807, 2.05) is 12.1 Å². The summed E-state index contributed by atoms with van der Waals surface area (Å²) in [5, 5.41) is 0. The highest BCUT2D eigenvalue weighted by molar-refractivity contribution is 5.17. The van der Waals surface area contributed by atoms with E-state index in [2.05, 4.69) is 23.9 Å². The molecule has 0 radical (unpaired) electrons. The van der Waals surface area contributed by atoms with E-state index >= 15 is 0 Å². The summed E-state index contributed by atoms with van der Waals surface area (Å²) in [6.07, 6.45) is 2.46. The van der Waals surface area contributed by atoms with Gasteiger partial charge in [-0.3, -0.25) is 4.90 Å². The number of nitrogens with zero attached hydrogens (tertiary/aromatic N) is 2. The summed E-state index contributed by atoms with van der Waals surface area (Å²) in [7, 11) is 4.24. The van der Waals surface area contributed by atoms with Crippen molar-refractivity contribution in [2.24, 2.45) is 0 Å². The van der Waals surface area contributed by atoms with Crippen LogP contribution < -0.4 is 0 Å². The Labute approximate surface area is 103 Å². The molecule has 0 spiro atoms. The maximum atomic E-state index is 13.6. The van der Waals surface area contributed by atoms with Crippen molar-refractivity contribution in [3.8, 4) is 0 Å². The number of hydrogen-bond acceptors (Lipinski definition) is 2. The van der Waals surface area contributed by atoms with Crippen LogP contribution in [0.5, 0.6) is 0 Å². The van der Waals surface area contributed by atoms with E-state index in [1.165, 1.54) is 12.8 Å². The highest BCUT2D eigenvalue weighted by Gasteiger charge is 2.21. The Morgan fingerprint density at radius 3 is 2.82 bits per heavy atom. The zero-order valence-corrected chi connectivity index (χ0v) is 10.7. The topological polar surface area (TPSA) is 6.48 Å². The molecule has 1 aliphatic heterocycles. The van der Waals surface area contributed by atoms with Crippen molar-refractivity contribution in [2.45, 2.75) is 25.4 Å². The van der Waals surface area contributed by atoms with Gasteiger partial charge in [0.1, 0.15) is 5.82 Å². The second-order valence-corrected chi connectivity index (χ2v) is 5.09.